The lowest BCUT2D eigenvalue weighted by Gasteiger charge is -2.24. The Balaban J connectivity index is 2.44. The molecule has 3 nitrogen and oxygen atoms in total. The van der Waals surface area contributed by atoms with Gasteiger partial charge in [0.15, 0.2) is 0 Å². The molecule has 0 saturated heterocycles. The summed E-state index contributed by atoms with van der Waals surface area (Å²) in [5.74, 6) is -0.285. The number of benzene rings is 1. The van der Waals surface area contributed by atoms with Crippen LogP contribution < -0.4 is 0 Å². The first-order chi connectivity index (χ1) is 11.8. The average Bonchev–Trinajstić information content (AvgIpc) is 2.72. The third-order valence-corrected chi connectivity index (χ3v) is 4.47. The summed E-state index contributed by atoms with van der Waals surface area (Å²) in [5.41, 5.74) is 5.65. The van der Waals surface area contributed by atoms with Crippen molar-refractivity contribution < 1.29 is 9.53 Å². The molecule has 3 heteroatoms. The zero-order valence-corrected chi connectivity index (χ0v) is 15.6. The van der Waals surface area contributed by atoms with E-state index in [1.807, 2.05) is 6.08 Å². The molecule has 0 atom stereocenters. The third-order valence-electron chi connectivity index (χ3n) is 4.47. The van der Waals surface area contributed by atoms with Crippen LogP contribution in [0, 0.1) is 6.92 Å². The molecule has 1 aromatic heterocycles. The van der Waals surface area contributed by atoms with Crippen LogP contribution in [0.2, 0.25) is 0 Å². The van der Waals surface area contributed by atoms with Gasteiger partial charge in [0.05, 0.1) is 18.4 Å². The Morgan fingerprint density at radius 1 is 1.08 bits per heavy atom. The van der Waals surface area contributed by atoms with Crippen LogP contribution in [-0.2, 0) is 10.2 Å². The second-order valence-electron chi connectivity index (χ2n) is 7.48. The highest BCUT2D eigenvalue weighted by Crippen LogP contribution is 2.38. The number of nitrogens with zero attached hydrogens (tertiary/aromatic N) is 1. The quantitative estimate of drug-likeness (QED) is 0.697. The van der Waals surface area contributed by atoms with Crippen molar-refractivity contribution in [1.29, 1.82) is 0 Å². The minimum Gasteiger partial charge on any atom is -0.465 e. The molecule has 0 unspecified atom stereocenters. The molecule has 1 heterocycles. The van der Waals surface area contributed by atoms with Crippen molar-refractivity contribution in [2.45, 2.75) is 39.5 Å². The number of methoxy groups -OCH3 is 1. The maximum absolute atomic E-state index is 12.7. The van der Waals surface area contributed by atoms with Crippen molar-refractivity contribution in [3.63, 3.8) is 0 Å². The summed E-state index contributed by atoms with van der Waals surface area (Å²) in [6.45, 7) is 8.47. The second-order valence-corrected chi connectivity index (χ2v) is 7.48. The first-order valence-corrected chi connectivity index (χ1v) is 8.62. The number of aromatic nitrogens is 1. The number of carbonyl (C=O) groups is 1. The number of hydrogen-bond acceptors (Lipinski definition) is 2. The number of allylic oxidation sites excluding steroid dienone is 2. The smallest absolute Gasteiger partial charge is 0.340 e. The van der Waals surface area contributed by atoms with E-state index in [-0.39, 0.29) is 11.4 Å². The Morgan fingerprint density at radius 2 is 1.72 bits per heavy atom. The molecule has 0 N–H and O–H groups in total. The number of hydrogen-bond donors (Lipinski definition) is 0. The fraction of sp³-hybridized carbons (Fsp3) is 0.318. The molecule has 0 spiro atoms. The second kappa shape index (κ2) is 6.40. The van der Waals surface area contributed by atoms with Crippen LogP contribution in [0.4, 0.5) is 0 Å². The number of ether oxygens (including phenoxy) is 1. The fourth-order valence-electron chi connectivity index (χ4n) is 3.37. The minimum atomic E-state index is -0.285. The van der Waals surface area contributed by atoms with Crippen molar-refractivity contribution >= 4 is 18.1 Å². The van der Waals surface area contributed by atoms with Crippen molar-refractivity contribution in [3.8, 4) is 5.69 Å². The van der Waals surface area contributed by atoms with Gasteiger partial charge >= 0.3 is 5.97 Å². The van der Waals surface area contributed by atoms with Crippen molar-refractivity contribution in [2.75, 3.05) is 7.11 Å². The van der Waals surface area contributed by atoms with Crippen LogP contribution in [0.25, 0.3) is 17.8 Å². The van der Waals surface area contributed by atoms with E-state index < -0.39 is 0 Å². The molecule has 0 bridgehead atoms. The molecule has 130 valence electrons. The zero-order chi connectivity index (χ0) is 18.2. The van der Waals surface area contributed by atoms with E-state index in [1.54, 1.807) is 0 Å². The molecule has 0 fully saturated rings. The van der Waals surface area contributed by atoms with Gasteiger partial charge in [-0.15, -0.1) is 0 Å². The number of aryl methyl sites for hydroxylation is 1. The molecule has 2 aromatic rings. The van der Waals surface area contributed by atoms with Crippen molar-refractivity contribution in [1.82, 2.24) is 4.57 Å². The lowest BCUT2D eigenvalue weighted by Crippen LogP contribution is -2.21. The van der Waals surface area contributed by atoms with Crippen LogP contribution in [0.5, 0.6) is 0 Å². The van der Waals surface area contributed by atoms with E-state index in [4.69, 9.17) is 4.74 Å². The summed E-state index contributed by atoms with van der Waals surface area (Å²) in [6.07, 6.45) is 9.22. The maximum Gasteiger partial charge on any atom is 0.340 e. The standard InChI is InChI=1S/C22H25NO2/c1-15-11-13-16(14-12-15)23-18-10-8-6-7-9-17(18)19(21(24)25-5)20(23)22(2,3)4/h7-14H,6H2,1-5H3. The SMILES string of the molecule is COC(=O)c1c2c(n(-c3ccc(C)cc3)c1C(C)(C)C)C=CCC=C2. The topological polar surface area (TPSA) is 31.2 Å². The molecule has 25 heavy (non-hydrogen) atoms. The van der Waals surface area contributed by atoms with Gasteiger partial charge in [0.1, 0.15) is 0 Å². The summed E-state index contributed by atoms with van der Waals surface area (Å²) < 4.78 is 7.34. The predicted molar refractivity (Wildman–Crippen MR) is 103 cm³/mol. The van der Waals surface area contributed by atoms with Gasteiger partial charge in [-0.2, -0.15) is 0 Å². The molecule has 0 amide bonds. The van der Waals surface area contributed by atoms with E-state index in [0.717, 1.165) is 29.1 Å². The van der Waals surface area contributed by atoms with Gasteiger partial charge in [0.25, 0.3) is 0 Å². The van der Waals surface area contributed by atoms with Crippen LogP contribution in [0.3, 0.4) is 0 Å². The fourth-order valence-corrected chi connectivity index (χ4v) is 3.37. The van der Waals surface area contributed by atoms with E-state index in [0.29, 0.717) is 5.56 Å². The number of carbonyl (C=O) groups excluding carboxylic acids is 1. The summed E-state index contributed by atoms with van der Waals surface area (Å²) in [4.78, 5) is 12.7. The zero-order valence-electron chi connectivity index (χ0n) is 15.6. The van der Waals surface area contributed by atoms with Crippen LogP contribution in [0.1, 0.15) is 60.1 Å². The molecule has 1 aliphatic rings. The summed E-state index contributed by atoms with van der Waals surface area (Å²) in [7, 11) is 1.45. The van der Waals surface area contributed by atoms with Crippen molar-refractivity contribution in [2.24, 2.45) is 0 Å². The van der Waals surface area contributed by atoms with Gasteiger partial charge in [0, 0.05) is 22.4 Å². The molecule has 0 saturated carbocycles. The summed E-state index contributed by atoms with van der Waals surface area (Å²) in [5, 5.41) is 0. The molecular formula is C22H25NO2. The highest BCUT2D eigenvalue weighted by atomic mass is 16.5. The number of fused-ring (bicyclic) bond motifs is 1. The van der Waals surface area contributed by atoms with Crippen LogP contribution in [0.15, 0.2) is 36.4 Å². The first-order valence-electron chi connectivity index (χ1n) is 8.62. The number of rotatable bonds is 2. The van der Waals surface area contributed by atoms with E-state index in [1.165, 1.54) is 12.7 Å². The van der Waals surface area contributed by atoms with Gasteiger partial charge in [0.2, 0.25) is 0 Å². The highest BCUT2D eigenvalue weighted by molar-refractivity contribution is 5.98. The highest BCUT2D eigenvalue weighted by Gasteiger charge is 2.33. The monoisotopic (exact) mass is 335 g/mol. The number of esters is 1. The third kappa shape index (κ3) is 3.07. The van der Waals surface area contributed by atoms with E-state index in [2.05, 4.69) is 74.8 Å². The van der Waals surface area contributed by atoms with Gasteiger partial charge < -0.3 is 9.30 Å². The maximum atomic E-state index is 12.7. The lowest BCUT2D eigenvalue weighted by molar-refractivity contribution is 0.0597. The van der Waals surface area contributed by atoms with Crippen LogP contribution >= 0.6 is 0 Å². The lowest BCUT2D eigenvalue weighted by atomic mass is 9.88. The molecule has 3 rings (SSSR count). The van der Waals surface area contributed by atoms with Gasteiger partial charge in [-0.1, -0.05) is 56.7 Å². The molecule has 1 aliphatic carbocycles. The Labute approximate surface area is 149 Å². The predicted octanol–water partition coefficient (Wildman–Crippen LogP) is 5.30. The van der Waals surface area contributed by atoms with E-state index >= 15 is 0 Å². The summed E-state index contributed by atoms with van der Waals surface area (Å²) >= 11 is 0. The average molecular weight is 335 g/mol. The van der Waals surface area contributed by atoms with Gasteiger partial charge in [-0.05, 0) is 31.6 Å². The molecule has 1 aromatic carbocycles. The summed E-state index contributed by atoms with van der Waals surface area (Å²) in [6, 6.07) is 8.41. The molecular weight excluding hydrogens is 310 g/mol. The van der Waals surface area contributed by atoms with Crippen molar-refractivity contribution in [3.05, 3.63) is 64.5 Å². The van der Waals surface area contributed by atoms with Crippen LogP contribution in [-0.4, -0.2) is 17.6 Å². The molecule has 0 radical (unpaired) electrons. The molecule has 0 aliphatic heterocycles. The largest absolute Gasteiger partial charge is 0.465 e. The Hall–Kier alpha value is -2.55. The Kier molecular flexibility index (Phi) is 4.42. The van der Waals surface area contributed by atoms with E-state index in [9.17, 15) is 4.79 Å². The minimum absolute atomic E-state index is 0.220. The Bertz CT molecular complexity index is 859. The van der Waals surface area contributed by atoms with Gasteiger partial charge in [-0.3, -0.25) is 0 Å². The van der Waals surface area contributed by atoms with Gasteiger partial charge in [-0.25, -0.2) is 4.79 Å². The normalized spacial score (nSPS) is 13.5. The Morgan fingerprint density at radius 3 is 2.32 bits per heavy atom. The first kappa shape index (κ1) is 17.3.